The Kier molecular flexibility index (Phi) is 9.15. The van der Waals surface area contributed by atoms with Gasteiger partial charge in [0.15, 0.2) is 15.8 Å². The summed E-state index contributed by atoms with van der Waals surface area (Å²) in [5.74, 6) is 1.57. The maximum atomic E-state index is 11.7. The van der Waals surface area contributed by atoms with E-state index in [9.17, 15) is 8.42 Å². The van der Waals surface area contributed by atoms with Crippen LogP contribution in [0.3, 0.4) is 0 Å². The summed E-state index contributed by atoms with van der Waals surface area (Å²) in [7, 11) is 2.43. The van der Waals surface area contributed by atoms with Gasteiger partial charge in [-0.1, -0.05) is 18.2 Å². The molecular formula is C19H28IN5O2S. The summed E-state index contributed by atoms with van der Waals surface area (Å²) in [5, 5.41) is 6.52. The zero-order valence-electron chi connectivity index (χ0n) is 16.9. The molecule has 2 N–H and O–H groups in total. The number of benzene rings is 1. The van der Waals surface area contributed by atoms with Crippen molar-refractivity contribution in [3.8, 4) is 0 Å². The van der Waals surface area contributed by atoms with Crippen LogP contribution in [0, 0.1) is 6.92 Å². The first kappa shape index (κ1) is 24.2. The molecule has 1 heterocycles. The molecule has 7 nitrogen and oxygen atoms in total. The molecule has 0 spiro atoms. The minimum atomic E-state index is -3.20. The number of nitrogens with one attached hydrogen (secondary N) is 2. The topological polar surface area (TPSA) is 86.7 Å². The molecule has 0 radical (unpaired) electrons. The summed E-state index contributed by atoms with van der Waals surface area (Å²) in [6.07, 6.45) is 2.99. The minimum Gasteiger partial charge on any atom is -0.362 e. The predicted octanol–water partition coefficient (Wildman–Crippen LogP) is 2.34. The summed E-state index contributed by atoms with van der Waals surface area (Å²) in [6.45, 7) is 2.93. The number of aryl methyl sites for hydroxylation is 1. The molecule has 0 unspecified atom stereocenters. The Balaban J connectivity index is 0.00000392. The number of guanidine groups is 1. The predicted molar refractivity (Wildman–Crippen MR) is 125 cm³/mol. The van der Waals surface area contributed by atoms with Crippen molar-refractivity contribution >= 4 is 45.6 Å². The van der Waals surface area contributed by atoms with E-state index in [4.69, 9.17) is 0 Å². The first-order valence-corrected chi connectivity index (χ1v) is 10.5. The molecule has 2 aromatic rings. The molecule has 0 aliphatic heterocycles. The number of rotatable bonds is 6. The highest BCUT2D eigenvalue weighted by molar-refractivity contribution is 14.0. The maximum Gasteiger partial charge on any atom is 0.191 e. The molecule has 1 aromatic heterocycles. The van der Waals surface area contributed by atoms with Crippen molar-refractivity contribution in [3.63, 3.8) is 0 Å². The van der Waals surface area contributed by atoms with E-state index in [1.54, 1.807) is 26.2 Å². The lowest BCUT2D eigenvalue weighted by atomic mass is 10.1. The number of pyridine rings is 1. The number of aromatic nitrogens is 1. The smallest absolute Gasteiger partial charge is 0.191 e. The molecule has 0 atom stereocenters. The largest absolute Gasteiger partial charge is 0.362 e. The third-order valence-corrected chi connectivity index (χ3v) is 5.32. The minimum absolute atomic E-state index is 0. The van der Waals surface area contributed by atoms with Gasteiger partial charge >= 0.3 is 0 Å². The highest BCUT2D eigenvalue weighted by Crippen LogP contribution is 2.17. The van der Waals surface area contributed by atoms with Gasteiger partial charge in [0, 0.05) is 52.2 Å². The second kappa shape index (κ2) is 10.6. The summed E-state index contributed by atoms with van der Waals surface area (Å²) >= 11 is 0. The third kappa shape index (κ3) is 6.62. The van der Waals surface area contributed by atoms with Crippen LogP contribution in [0.15, 0.2) is 46.4 Å². The Bertz CT molecular complexity index is 930. The van der Waals surface area contributed by atoms with E-state index in [0.717, 1.165) is 22.5 Å². The van der Waals surface area contributed by atoms with Crippen LogP contribution in [-0.2, 0) is 22.9 Å². The van der Waals surface area contributed by atoms with Crippen molar-refractivity contribution in [2.24, 2.45) is 4.99 Å². The SMILES string of the molecule is CN=C(NCc1ccc(S(C)(=O)=O)c(C)c1)NCc1cccnc1N(C)C.I. The van der Waals surface area contributed by atoms with Gasteiger partial charge in [-0.15, -0.1) is 24.0 Å². The van der Waals surface area contributed by atoms with Gasteiger partial charge in [-0.05, 0) is 30.2 Å². The van der Waals surface area contributed by atoms with Crippen LogP contribution >= 0.6 is 24.0 Å². The zero-order valence-corrected chi connectivity index (χ0v) is 20.0. The van der Waals surface area contributed by atoms with E-state index in [2.05, 4.69) is 20.6 Å². The van der Waals surface area contributed by atoms with Crippen molar-refractivity contribution in [2.45, 2.75) is 24.9 Å². The quantitative estimate of drug-likeness (QED) is 0.348. The Morgan fingerprint density at radius 1 is 1.18 bits per heavy atom. The van der Waals surface area contributed by atoms with Crippen LogP contribution in [0.5, 0.6) is 0 Å². The number of halogens is 1. The fourth-order valence-electron chi connectivity index (χ4n) is 2.79. The number of anilines is 1. The van der Waals surface area contributed by atoms with E-state index in [0.29, 0.717) is 23.9 Å². The molecule has 1 aromatic carbocycles. The van der Waals surface area contributed by atoms with Crippen molar-refractivity contribution in [2.75, 3.05) is 32.3 Å². The number of hydrogen-bond acceptors (Lipinski definition) is 5. The second-order valence-electron chi connectivity index (χ2n) is 6.53. The van der Waals surface area contributed by atoms with Gasteiger partial charge in [-0.2, -0.15) is 0 Å². The van der Waals surface area contributed by atoms with E-state index in [1.807, 2.05) is 43.3 Å². The molecule has 0 amide bonds. The van der Waals surface area contributed by atoms with Gasteiger partial charge < -0.3 is 15.5 Å². The van der Waals surface area contributed by atoms with Crippen molar-refractivity contribution in [1.82, 2.24) is 15.6 Å². The average Bonchev–Trinajstić information content (AvgIpc) is 2.61. The lowest BCUT2D eigenvalue weighted by Gasteiger charge is -2.17. The van der Waals surface area contributed by atoms with E-state index in [-0.39, 0.29) is 24.0 Å². The van der Waals surface area contributed by atoms with E-state index >= 15 is 0 Å². The van der Waals surface area contributed by atoms with Crippen LogP contribution in [-0.4, -0.2) is 46.8 Å². The molecule has 2 rings (SSSR count). The van der Waals surface area contributed by atoms with Gasteiger partial charge in [0.25, 0.3) is 0 Å². The maximum absolute atomic E-state index is 11.7. The molecule has 0 saturated heterocycles. The van der Waals surface area contributed by atoms with Crippen LogP contribution in [0.1, 0.15) is 16.7 Å². The van der Waals surface area contributed by atoms with Crippen molar-refractivity contribution in [1.29, 1.82) is 0 Å². The molecular weight excluding hydrogens is 489 g/mol. The lowest BCUT2D eigenvalue weighted by molar-refractivity contribution is 0.601. The third-order valence-electron chi connectivity index (χ3n) is 4.06. The molecule has 0 bridgehead atoms. The fraction of sp³-hybridized carbons (Fsp3) is 0.368. The normalized spacial score (nSPS) is 11.5. The first-order valence-electron chi connectivity index (χ1n) is 8.57. The van der Waals surface area contributed by atoms with E-state index in [1.165, 1.54) is 6.26 Å². The van der Waals surface area contributed by atoms with Crippen molar-refractivity contribution < 1.29 is 8.42 Å². The summed E-state index contributed by atoms with van der Waals surface area (Å²) in [5.41, 5.74) is 2.79. The van der Waals surface area contributed by atoms with Crippen LogP contribution in [0.4, 0.5) is 5.82 Å². The zero-order chi connectivity index (χ0) is 20.0. The monoisotopic (exact) mass is 517 g/mol. The number of aliphatic imine (C=N–C) groups is 1. The molecule has 0 aliphatic carbocycles. The standard InChI is InChI=1S/C19H27N5O2S.HI/c1-14-11-15(8-9-17(14)27(5,25)26)12-22-19(20-2)23-13-16-7-6-10-21-18(16)24(3)4;/h6-11H,12-13H2,1-5H3,(H2,20,22,23);1H. The number of sulfone groups is 1. The van der Waals surface area contributed by atoms with Gasteiger partial charge in [0.05, 0.1) is 4.90 Å². The summed E-state index contributed by atoms with van der Waals surface area (Å²) in [4.78, 5) is 11.0. The van der Waals surface area contributed by atoms with Gasteiger partial charge in [-0.25, -0.2) is 13.4 Å². The summed E-state index contributed by atoms with van der Waals surface area (Å²) in [6, 6.07) is 9.27. The Morgan fingerprint density at radius 3 is 2.43 bits per heavy atom. The Morgan fingerprint density at radius 2 is 1.86 bits per heavy atom. The van der Waals surface area contributed by atoms with Crippen LogP contribution in [0.2, 0.25) is 0 Å². The van der Waals surface area contributed by atoms with Crippen LogP contribution in [0.25, 0.3) is 0 Å². The molecule has 0 aliphatic rings. The molecule has 9 heteroatoms. The summed E-state index contributed by atoms with van der Waals surface area (Å²) < 4.78 is 23.4. The fourth-order valence-corrected chi connectivity index (χ4v) is 3.75. The molecule has 154 valence electrons. The van der Waals surface area contributed by atoms with Crippen LogP contribution < -0.4 is 15.5 Å². The first-order chi connectivity index (χ1) is 12.7. The lowest BCUT2D eigenvalue weighted by Crippen LogP contribution is -2.36. The highest BCUT2D eigenvalue weighted by atomic mass is 127. The molecule has 0 fully saturated rings. The van der Waals surface area contributed by atoms with Gasteiger partial charge in [-0.3, -0.25) is 4.99 Å². The number of nitrogens with zero attached hydrogens (tertiary/aromatic N) is 3. The van der Waals surface area contributed by atoms with E-state index < -0.39 is 9.84 Å². The molecule has 0 saturated carbocycles. The Hall–Kier alpha value is -1.88. The highest BCUT2D eigenvalue weighted by Gasteiger charge is 2.11. The average molecular weight is 517 g/mol. The van der Waals surface area contributed by atoms with Gasteiger partial charge in [0.2, 0.25) is 0 Å². The van der Waals surface area contributed by atoms with Gasteiger partial charge in [0.1, 0.15) is 5.82 Å². The molecule has 28 heavy (non-hydrogen) atoms. The van der Waals surface area contributed by atoms with Crippen molar-refractivity contribution in [3.05, 3.63) is 53.2 Å². The second-order valence-corrected chi connectivity index (χ2v) is 8.52. The Labute approximate surface area is 184 Å². The number of hydrogen-bond donors (Lipinski definition) is 2.